The van der Waals surface area contributed by atoms with E-state index in [4.69, 9.17) is 5.73 Å². The van der Waals surface area contributed by atoms with Gasteiger partial charge in [0.2, 0.25) is 11.9 Å². The number of nitrogens with zero attached hydrogens (tertiary/aromatic N) is 3. The van der Waals surface area contributed by atoms with Crippen molar-refractivity contribution in [3.63, 3.8) is 0 Å². The van der Waals surface area contributed by atoms with Crippen LogP contribution in [0, 0.1) is 5.92 Å². The molecule has 0 saturated carbocycles. The first-order chi connectivity index (χ1) is 9.06. The number of carbonyl (C=O) groups excluding carboxylic acids is 1. The zero-order chi connectivity index (χ0) is 13.8. The molecule has 1 amide bonds. The van der Waals surface area contributed by atoms with Crippen LogP contribution in [-0.4, -0.2) is 35.0 Å². The number of hydrogen-bond donors (Lipinski definition) is 2. The van der Waals surface area contributed by atoms with Crippen molar-refractivity contribution in [2.75, 3.05) is 18.0 Å². The van der Waals surface area contributed by atoms with Gasteiger partial charge in [-0.2, -0.15) is 0 Å². The van der Waals surface area contributed by atoms with E-state index in [1.54, 1.807) is 0 Å². The molecule has 104 valence electrons. The molecule has 1 saturated heterocycles. The second-order valence-electron chi connectivity index (χ2n) is 5.26. The highest BCUT2D eigenvalue weighted by Crippen LogP contribution is 2.20. The molecule has 1 unspecified atom stereocenters. The molecule has 6 heteroatoms. The maximum absolute atomic E-state index is 11.1. The lowest BCUT2D eigenvalue weighted by molar-refractivity contribution is -0.121. The Morgan fingerprint density at radius 3 is 2.74 bits per heavy atom. The van der Waals surface area contributed by atoms with E-state index in [1.807, 2.05) is 17.3 Å². The summed E-state index contributed by atoms with van der Waals surface area (Å²) in [5.41, 5.74) is 6.37. The summed E-state index contributed by atoms with van der Waals surface area (Å²) in [4.78, 5) is 21.8. The monoisotopic (exact) mass is 263 g/mol. The van der Waals surface area contributed by atoms with Crippen molar-refractivity contribution in [1.82, 2.24) is 15.3 Å². The van der Waals surface area contributed by atoms with Crippen LogP contribution in [0.4, 0.5) is 5.95 Å². The van der Waals surface area contributed by atoms with Crippen LogP contribution < -0.4 is 16.0 Å². The molecule has 6 nitrogen and oxygen atoms in total. The van der Waals surface area contributed by atoms with Gasteiger partial charge in [0.1, 0.15) is 0 Å². The number of primary amides is 1. The summed E-state index contributed by atoms with van der Waals surface area (Å²) in [6, 6.07) is 0.439. The predicted octanol–water partition coefficient (Wildman–Crippen LogP) is 0.286. The Labute approximate surface area is 113 Å². The van der Waals surface area contributed by atoms with Gasteiger partial charge in [0.15, 0.2) is 0 Å². The Kier molecular flexibility index (Phi) is 4.31. The highest BCUT2D eigenvalue weighted by Gasteiger charge is 2.27. The van der Waals surface area contributed by atoms with Gasteiger partial charge in [-0.25, -0.2) is 9.97 Å². The fourth-order valence-corrected chi connectivity index (χ4v) is 2.10. The molecular weight excluding hydrogens is 242 g/mol. The molecule has 0 aromatic carbocycles. The van der Waals surface area contributed by atoms with Crippen molar-refractivity contribution >= 4 is 11.9 Å². The highest BCUT2D eigenvalue weighted by atomic mass is 16.1. The lowest BCUT2D eigenvalue weighted by Gasteiger charge is -2.15. The number of amides is 1. The first-order valence-corrected chi connectivity index (χ1v) is 6.65. The van der Waals surface area contributed by atoms with Crippen LogP contribution in [0.1, 0.15) is 25.8 Å². The van der Waals surface area contributed by atoms with Gasteiger partial charge in [-0.05, 0) is 6.42 Å². The molecule has 1 atom stereocenters. The fourth-order valence-electron chi connectivity index (χ4n) is 2.10. The Morgan fingerprint density at radius 2 is 2.21 bits per heavy atom. The molecule has 0 aliphatic carbocycles. The molecule has 1 aromatic rings. The van der Waals surface area contributed by atoms with E-state index in [0.717, 1.165) is 25.1 Å². The molecule has 0 spiro atoms. The summed E-state index contributed by atoms with van der Waals surface area (Å²) in [6.07, 6.45) is 4.44. The number of hydrogen-bond acceptors (Lipinski definition) is 5. The third-order valence-electron chi connectivity index (χ3n) is 3.28. The van der Waals surface area contributed by atoms with Crippen LogP contribution in [0.5, 0.6) is 0 Å². The van der Waals surface area contributed by atoms with E-state index in [2.05, 4.69) is 29.1 Å². The van der Waals surface area contributed by atoms with Crippen molar-refractivity contribution in [3.05, 3.63) is 18.0 Å². The van der Waals surface area contributed by atoms with Crippen molar-refractivity contribution in [3.8, 4) is 0 Å². The summed E-state index contributed by atoms with van der Waals surface area (Å²) in [5.74, 6) is 0.364. The number of rotatable bonds is 5. The second kappa shape index (κ2) is 5.97. The van der Waals surface area contributed by atoms with Gasteiger partial charge in [-0.3, -0.25) is 4.79 Å². The molecule has 1 aliphatic heterocycles. The number of carbonyl (C=O) groups is 1. The maximum atomic E-state index is 11.1. The smallest absolute Gasteiger partial charge is 0.225 e. The molecular formula is C13H21N5O. The number of nitrogens with one attached hydrogen (secondary N) is 1. The second-order valence-corrected chi connectivity index (χ2v) is 5.26. The quantitative estimate of drug-likeness (QED) is 0.797. The van der Waals surface area contributed by atoms with E-state index >= 15 is 0 Å². The summed E-state index contributed by atoms with van der Waals surface area (Å²) < 4.78 is 0. The van der Waals surface area contributed by atoms with Crippen LogP contribution in [0.2, 0.25) is 0 Å². The summed E-state index contributed by atoms with van der Waals surface area (Å²) in [6.45, 7) is 6.38. The van der Waals surface area contributed by atoms with E-state index in [-0.39, 0.29) is 11.8 Å². The van der Waals surface area contributed by atoms with E-state index in [0.29, 0.717) is 18.5 Å². The molecule has 1 aliphatic rings. The summed E-state index contributed by atoms with van der Waals surface area (Å²) >= 11 is 0. The third-order valence-corrected chi connectivity index (χ3v) is 3.28. The maximum Gasteiger partial charge on any atom is 0.225 e. The Morgan fingerprint density at radius 1 is 1.53 bits per heavy atom. The molecule has 3 N–H and O–H groups in total. The Balaban J connectivity index is 1.93. The van der Waals surface area contributed by atoms with Crippen molar-refractivity contribution < 1.29 is 4.79 Å². The molecule has 2 heterocycles. The Bertz CT molecular complexity index is 431. The van der Waals surface area contributed by atoms with Gasteiger partial charge in [0.25, 0.3) is 0 Å². The van der Waals surface area contributed by atoms with E-state index in [1.165, 1.54) is 0 Å². The number of aromatic nitrogens is 2. The Hall–Kier alpha value is -1.69. The summed E-state index contributed by atoms with van der Waals surface area (Å²) in [5, 5.41) is 3.32. The minimum Gasteiger partial charge on any atom is -0.369 e. The largest absolute Gasteiger partial charge is 0.369 e. The predicted molar refractivity (Wildman–Crippen MR) is 73.5 cm³/mol. The molecule has 0 radical (unpaired) electrons. The minimum absolute atomic E-state index is 0.0779. The molecule has 1 fully saturated rings. The zero-order valence-electron chi connectivity index (χ0n) is 11.5. The van der Waals surface area contributed by atoms with Gasteiger partial charge < -0.3 is 16.0 Å². The van der Waals surface area contributed by atoms with Crippen molar-refractivity contribution in [1.29, 1.82) is 0 Å². The van der Waals surface area contributed by atoms with Crippen LogP contribution in [0.15, 0.2) is 12.4 Å². The van der Waals surface area contributed by atoms with Gasteiger partial charge >= 0.3 is 0 Å². The normalized spacial score (nSPS) is 19.1. The topological polar surface area (TPSA) is 84.1 Å². The number of nitrogens with two attached hydrogens (primary N) is 1. The van der Waals surface area contributed by atoms with Gasteiger partial charge in [-0.1, -0.05) is 13.8 Å². The molecule has 0 bridgehead atoms. The van der Waals surface area contributed by atoms with Crippen LogP contribution in [-0.2, 0) is 11.3 Å². The van der Waals surface area contributed by atoms with Crippen molar-refractivity contribution in [2.45, 2.75) is 32.9 Å². The number of anilines is 1. The van der Waals surface area contributed by atoms with Gasteiger partial charge in [0, 0.05) is 43.6 Å². The first-order valence-electron chi connectivity index (χ1n) is 6.65. The first kappa shape index (κ1) is 13.7. The van der Waals surface area contributed by atoms with E-state index in [9.17, 15) is 4.79 Å². The van der Waals surface area contributed by atoms with E-state index < -0.39 is 0 Å². The van der Waals surface area contributed by atoms with Gasteiger partial charge in [0.05, 0.1) is 5.92 Å². The minimum atomic E-state index is -0.236. The van der Waals surface area contributed by atoms with Crippen LogP contribution >= 0.6 is 0 Å². The average molecular weight is 263 g/mol. The average Bonchev–Trinajstić information content (AvgIpc) is 2.86. The SMILES string of the molecule is CC(C)NCc1cnc(N2CCC(C(N)=O)C2)nc1. The van der Waals surface area contributed by atoms with Crippen molar-refractivity contribution in [2.24, 2.45) is 11.7 Å². The zero-order valence-corrected chi connectivity index (χ0v) is 11.5. The van der Waals surface area contributed by atoms with Gasteiger partial charge in [-0.15, -0.1) is 0 Å². The van der Waals surface area contributed by atoms with Crippen LogP contribution in [0.25, 0.3) is 0 Å². The molecule has 2 rings (SSSR count). The lowest BCUT2D eigenvalue weighted by Crippen LogP contribution is -2.28. The lowest BCUT2D eigenvalue weighted by atomic mass is 10.1. The fraction of sp³-hybridized carbons (Fsp3) is 0.615. The molecule has 19 heavy (non-hydrogen) atoms. The summed E-state index contributed by atoms with van der Waals surface area (Å²) in [7, 11) is 0. The third kappa shape index (κ3) is 3.64. The van der Waals surface area contributed by atoms with Crippen LogP contribution in [0.3, 0.4) is 0 Å². The standard InChI is InChI=1S/C13H21N5O/c1-9(2)15-5-10-6-16-13(17-7-10)18-4-3-11(8-18)12(14)19/h6-7,9,11,15H,3-5,8H2,1-2H3,(H2,14,19). The molecule has 1 aromatic heterocycles. The highest BCUT2D eigenvalue weighted by molar-refractivity contribution is 5.78.